The number of aromatic nitrogens is 2. The first kappa shape index (κ1) is 17.4. The van der Waals surface area contributed by atoms with Gasteiger partial charge in [-0.2, -0.15) is 0 Å². The third-order valence-electron chi connectivity index (χ3n) is 4.05. The van der Waals surface area contributed by atoms with Crippen molar-refractivity contribution in [3.63, 3.8) is 0 Å². The second-order valence-electron chi connectivity index (χ2n) is 6.02. The lowest BCUT2D eigenvalue weighted by Crippen LogP contribution is -2.50. The van der Waals surface area contributed by atoms with Crippen molar-refractivity contribution in [3.05, 3.63) is 26.4 Å². The molecule has 128 valence electrons. The summed E-state index contributed by atoms with van der Waals surface area (Å²) in [5, 5.41) is 0. The summed E-state index contributed by atoms with van der Waals surface area (Å²) in [6, 6.07) is 0.0806. The predicted octanol–water partition coefficient (Wildman–Crippen LogP) is -0.179. The SMILES string of the molecule is CCCn1c(N)c(C(=O)CN2C[C@@H](C)OC[C@@H]2C)c(=O)[nH]c1=O. The summed E-state index contributed by atoms with van der Waals surface area (Å²) in [4.78, 5) is 40.6. The van der Waals surface area contributed by atoms with Crippen LogP contribution in [-0.4, -0.2) is 52.1 Å². The molecule has 1 aliphatic heterocycles. The number of aromatic amines is 1. The van der Waals surface area contributed by atoms with Gasteiger partial charge in [0, 0.05) is 19.1 Å². The second-order valence-corrected chi connectivity index (χ2v) is 6.02. The van der Waals surface area contributed by atoms with Crippen LogP contribution in [-0.2, 0) is 11.3 Å². The van der Waals surface area contributed by atoms with Crippen LogP contribution in [0.4, 0.5) is 5.82 Å². The van der Waals surface area contributed by atoms with Crippen molar-refractivity contribution >= 4 is 11.6 Å². The number of nitrogen functional groups attached to an aromatic ring is 1. The number of hydrogen-bond acceptors (Lipinski definition) is 6. The van der Waals surface area contributed by atoms with Crippen molar-refractivity contribution in [3.8, 4) is 0 Å². The van der Waals surface area contributed by atoms with Crippen molar-refractivity contribution in [2.75, 3.05) is 25.4 Å². The van der Waals surface area contributed by atoms with E-state index in [1.807, 2.05) is 25.7 Å². The summed E-state index contributed by atoms with van der Waals surface area (Å²) in [5.41, 5.74) is 4.48. The summed E-state index contributed by atoms with van der Waals surface area (Å²) in [6.45, 7) is 7.36. The number of ketones is 1. The van der Waals surface area contributed by atoms with Gasteiger partial charge in [0.05, 0.1) is 19.3 Å². The van der Waals surface area contributed by atoms with Gasteiger partial charge in [0.15, 0.2) is 5.78 Å². The van der Waals surface area contributed by atoms with Crippen molar-refractivity contribution in [2.45, 2.75) is 45.9 Å². The van der Waals surface area contributed by atoms with Crippen LogP contribution in [0.5, 0.6) is 0 Å². The van der Waals surface area contributed by atoms with E-state index in [2.05, 4.69) is 4.98 Å². The molecule has 1 aromatic heterocycles. The third-order valence-corrected chi connectivity index (χ3v) is 4.05. The summed E-state index contributed by atoms with van der Waals surface area (Å²) in [5.74, 6) is -0.436. The number of carbonyl (C=O) groups is 1. The van der Waals surface area contributed by atoms with Crippen LogP contribution in [0.25, 0.3) is 0 Å². The molecule has 0 aromatic carbocycles. The van der Waals surface area contributed by atoms with Gasteiger partial charge in [0.25, 0.3) is 5.56 Å². The molecule has 0 amide bonds. The van der Waals surface area contributed by atoms with Crippen molar-refractivity contribution in [1.29, 1.82) is 0 Å². The van der Waals surface area contributed by atoms with Crippen LogP contribution >= 0.6 is 0 Å². The molecule has 0 bridgehead atoms. The van der Waals surface area contributed by atoms with Gasteiger partial charge in [0.1, 0.15) is 11.4 Å². The largest absolute Gasteiger partial charge is 0.384 e. The number of morpholine rings is 1. The first-order chi connectivity index (χ1) is 10.8. The van der Waals surface area contributed by atoms with Gasteiger partial charge in [0.2, 0.25) is 0 Å². The molecule has 2 atom stereocenters. The molecular formula is C15H24N4O4. The fraction of sp³-hybridized carbons (Fsp3) is 0.667. The Balaban J connectivity index is 2.30. The maximum atomic E-state index is 12.6. The van der Waals surface area contributed by atoms with E-state index in [9.17, 15) is 14.4 Å². The number of hydrogen-bond donors (Lipinski definition) is 2. The number of carbonyl (C=O) groups excluding carboxylic acids is 1. The molecule has 0 radical (unpaired) electrons. The summed E-state index contributed by atoms with van der Waals surface area (Å²) < 4.78 is 6.77. The Hall–Kier alpha value is -1.93. The first-order valence-electron chi connectivity index (χ1n) is 7.86. The van der Waals surface area contributed by atoms with E-state index in [0.717, 1.165) is 0 Å². The van der Waals surface area contributed by atoms with E-state index in [0.29, 0.717) is 26.1 Å². The van der Waals surface area contributed by atoms with Gasteiger partial charge in [-0.15, -0.1) is 0 Å². The lowest BCUT2D eigenvalue weighted by atomic mass is 10.1. The minimum absolute atomic E-state index is 0.0312. The highest BCUT2D eigenvalue weighted by Gasteiger charge is 2.27. The second kappa shape index (κ2) is 7.10. The molecule has 1 saturated heterocycles. The van der Waals surface area contributed by atoms with Gasteiger partial charge in [-0.3, -0.25) is 24.0 Å². The Morgan fingerprint density at radius 2 is 2.09 bits per heavy atom. The Morgan fingerprint density at radius 3 is 2.74 bits per heavy atom. The summed E-state index contributed by atoms with van der Waals surface area (Å²) in [7, 11) is 0. The first-order valence-corrected chi connectivity index (χ1v) is 7.86. The number of nitrogens with zero attached hydrogens (tertiary/aromatic N) is 2. The van der Waals surface area contributed by atoms with Crippen LogP contribution in [0, 0.1) is 0 Å². The van der Waals surface area contributed by atoms with Crippen LogP contribution in [0.3, 0.4) is 0 Å². The van der Waals surface area contributed by atoms with Crippen molar-refractivity contribution in [1.82, 2.24) is 14.5 Å². The highest BCUT2D eigenvalue weighted by molar-refractivity contribution is 6.01. The molecule has 8 heteroatoms. The van der Waals surface area contributed by atoms with E-state index >= 15 is 0 Å². The number of ether oxygens (including phenoxy) is 1. The van der Waals surface area contributed by atoms with Crippen LogP contribution in [0.2, 0.25) is 0 Å². The third kappa shape index (κ3) is 3.70. The van der Waals surface area contributed by atoms with Gasteiger partial charge < -0.3 is 10.5 Å². The number of nitrogens with two attached hydrogens (primary N) is 1. The number of anilines is 1. The van der Waals surface area contributed by atoms with Gasteiger partial charge in [-0.05, 0) is 20.3 Å². The molecule has 8 nitrogen and oxygen atoms in total. The molecule has 3 N–H and O–H groups in total. The normalized spacial score (nSPS) is 22.2. The standard InChI is InChI=1S/C15H24N4O4/c1-4-5-19-13(16)12(14(21)17-15(19)22)11(20)7-18-6-10(3)23-8-9(18)2/h9-10H,4-8,16H2,1-3H3,(H,17,21,22)/t9-,10+/m0/s1. The molecule has 0 spiro atoms. The molecule has 1 fully saturated rings. The molecule has 23 heavy (non-hydrogen) atoms. The van der Waals surface area contributed by atoms with E-state index in [1.165, 1.54) is 4.57 Å². The molecule has 1 aliphatic rings. The summed E-state index contributed by atoms with van der Waals surface area (Å²) >= 11 is 0. The topological polar surface area (TPSA) is 110 Å². The van der Waals surface area contributed by atoms with Crippen LogP contribution < -0.4 is 17.0 Å². The lowest BCUT2D eigenvalue weighted by Gasteiger charge is -2.36. The number of H-pyrrole nitrogens is 1. The quantitative estimate of drug-likeness (QED) is 0.727. The highest BCUT2D eigenvalue weighted by Crippen LogP contribution is 2.13. The molecule has 0 aliphatic carbocycles. The fourth-order valence-corrected chi connectivity index (χ4v) is 2.76. The molecule has 2 rings (SSSR count). The van der Waals surface area contributed by atoms with Gasteiger partial charge in [-0.25, -0.2) is 4.79 Å². The number of rotatable bonds is 5. The van der Waals surface area contributed by atoms with E-state index < -0.39 is 11.2 Å². The average molecular weight is 324 g/mol. The maximum absolute atomic E-state index is 12.6. The van der Waals surface area contributed by atoms with Crippen molar-refractivity contribution < 1.29 is 9.53 Å². The fourth-order valence-electron chi connectivity index (χ4n) is 2.76. The zero-order chi connectivity index (χ0) is 17.1. The monoisotopic (exact) mass is 324 g/mol. The molecule has 0 unspecified atom stereocenters. The van der Waals surface area contributed by atoms with Crippen LogP contribution in [0.1, 0.15) is 37.6 Å². The Kier molecular flexibility index (Phi) is 5.38. The maximum Gasteiger partial charge on any atom is 0.329 e. The predicted molar refractivity (Wildman–Crippen MR) is 86.8 cm³/mol. The minimum Gasteiger partial charge on any atom is -0.384 e. The van der Waals surface area contributed by atoms with E-state index in [1.54, 1.807) is 0 Å². The lowest BCUT2D eigenvalue weighted by molar-refractivity contribution is -0.0460. The van der Waals surface area contributed by atoms with Gasteiger partial charge in [-0.1, -0.05) is 6.92 Å². The number of Topliss-reactive ketones (excluding diaryl/α,β-unsaturated/α-hetero) is 1. The van der Waals surface area contributed by atoms with Crippen LogP contribution in [0.15, 0.2) is 9.59 Å². The van der Waals surface area contributed by atoms with Gasteiger partial charge >= 0.3 is 5.69 Å². The molecule has 2 heterocycles. The smallest absolute Gasteiger partial charge is 0.329 e. The minimum atomic E-state index is -0.723. The Morgan fingerprint density at radius 1 is 1.39 bits per heavy atom. The zero-order valence-corrected chi connectivity index (χ0v) is 13.8. The highest BCUT2D eigenvalue weighted by atomic mass is 16.5. The zero-order valence-electron chi connectivity index (χ0n) is 13.8. The molecule has 1 aromatic rings. The number of nitrogens with one attached hydrogen (secondary N) is 1. The molecule has 0 saturated carbocycles. The van der Waals surface area contributed by atoms with E-state index in [4.69, 9.17) is 10.5 Å². The molecular weight excluding hydrogens is 300 g/mol. The van der Waals surface area contributed by atoms with Crippen molar-refractivity contribution in [2.24, 2.45) is 0 Å². The van der Waals surface area contributed by atoms with E-state index in [-0.39, 0.29) is 35.9 Å². The Bertz CT molecular complexity index is 694. The summed E-state index contributed by atoms with van der Waals surface area (Å²) in [6.07, 6.45) is 0.700. The average Bonchev–Trinajstić information content (AvgIpc) is 2.47. The Labute approximate surface area is 134 Å².